The van der Waals surface area contributed by atoms with Crippen LogP contribution in [0.3, 0.4) is 0 Å². The fourth-order valence-corrected chi connectivity index (χ4v) is 2.17. The van der Waals surface area contributed by atoms with Gasteiger partial charge in [-0.1, -0.05) is 18.5 Å². The van der Waals surface area contributed by atoms with Crippen LogP contribution >= 0.6 is 11.6 Å². The maximum atomic E-state index is 11.6. The molecular formula is C12H15ClN4O. The molecule has 6 heteroatoms. The van der Waals surface area contributed by atoms with E-state index in [1.165, 1.54) is 10.8 Å². The number of rotatable bonds is 4. The van der Waals surface area contributed by atoms with Crippen molar-refractivity contribution >= 4 is 11.6 Å². The second kappa shape index (κ2) is 5.35. The summed E-state index contributed by atoms with van der Waals surface area (Å²) in [5, 5.41) is 5.07. The van der Waals surface area contributed by atoms with Crippen molar-refractivity contribution in [3.8, 4) is 0 Å². The predicted octanol–water partition coefficient (Wildman–Crippen LogP) is 1.72. The van der Waals surface area contributed by atoms with E-state index in [1.807, 2.05) is 18.5 Å². The third-order valence-electron chi connectivity index (χ3n) is 2.80. The fraction of sp³-hybridized carbons (Fsp3) is 0.417. The first kappa shape index (κ1) is 12.8. The summed E-state index contributed by atoms with van der Waals surface area (Å²) in [5.74, 6) is 0. The van der Waals surface area contributed by atoms with Crippen LogP contribution in [-0.4, -0.2) is 19.3 Å². The molecule has 0 unspecified atom stereocenters. The number of aryl methyl sites for hydroxylation is 2. The number of aromatic nitrogens is 4. The monoisotopic (exact) mass is 266 g/mol. The van der Waals surface area contributed by atoms with Gasteiger partial charge in [0.1, 0.15) is 0 Å². The van der Waals surface area contributed by atoms with E-state index in [-0.39, 0.29) is 5.69 Å². The van der Waals surface area contributed by atoms with E-state index >= 15 is 0 Å². The maximum absolute atomic E-state index is 11.6. The first-order valence-corrected chi connectivity index (χ1v) is 6.30. The molecular weight excluding hydrogens is 252 g/mol. The molecule has 0 saturated heterocycles. The van der Waals surface area contributed by atoms with Gasteiger partial charge in [-0.25, -0.2) is 9.78 Å². The molecule has 96 valence electrons. The molecule has 5 nitrogen and oxygen atoms in total. The Morgan fingerprint density at radius 2 is 2.17 bits per heavy atom. The van der Waals surface area contributed by atoms with Gasteiger partial charge in [-0.15, -0.1) is 0 Å². The molecule has 0 saturated carbocycles. The molecule has 0 bridgehead atoms. The Balaban J connectivity index is 2.43. The van der Waals surface area contributed by atoms with E-state index in [4.69, 9.17) is 11.6 Å². The van der Waals surface area contributed by atoms with Crippen molar-refractivity contribution in [3.05, 3.63) is 45.4 Å². The zero-order valence-corrected chi connectivity index (χ0v) is 11.2. The van der Waals surface area contributed by atoms with E-state index in [1.54, 1.807) is 12.3 Å². The van der Waals surface area contributed by atoms with E-state index in [2.05, 4.69) is 10.1 Å². The third-order valence-corrected chi connectivity index (χ3v) is 3.23. The molecule has 18 heavy (non-hydrogen) atoms. The SMILES string of the molecule is CCc1nn(CC)c(Cn2cccnc2=O)c1Cl. The largest absolute Gasteiger partial charge is 0.347 e. The minimum atomic E-state index is -0.282. The lowest BCUT2D eigenvalue weighted by atomic mass is 10.3. The quantitative estimate of drug-likeness (QED) is 0.847. The van der Waals surface area contributed by atoms with Gasteiger partial charge in [0.2, 0.25) is 0 Å². The molecule has 0 spiro atoms. The Morgan fingerprint density at radius 3 is 2.78 bits per heavy atom. The molecule has 0 fully saturated rings. The normalized spacial score (nSPS) is 10.8. The van der Waals surface area contributed by atoms with Crippen LogP contribution in [0.1, 0.15) is 25.2 Å². The predicted molar refractivity (Wildman–Crippen MR) is 69.9 cm³/mol. The van der Waals surface area contributed by atoms with Crippen LogP contribution in [0.5, 0.6) is 0 Å². The van der Waals surface area contributed by atoms with Gasteiger partial charge in [0.25, 0.3) is 0 Å². The third kappa shape index (κ3) is 2.31. The van der Waals surface area contributed by atoms with E-state index in [0.717, 1.165) is 24.4 Å². The van der Waals surface area contributed by atoms with E-state index < -0.39 is 0 Å². The van der Waals surface area contributed by atoms with E-state index in [0.29, 0.717) is 11.6 Å². The highest BCUT2D eigenvalue weighted by Gasteiger charge is 2.14. The number of halogens is 1. The first-order chi connectivity index (χ1) is 8.67. The number of hydrogen-bond acceptors (Lipinski definition) is 3. The minimum Gasteiger partial charge on any atom is -0.293 e. The van der Waals surface area contributed by atoms with Crippen LogP contribution in [0.15, 0.2) is 23.3 Å². The van der Waals surface area contributed by atoms with Crippen molar-refractivity contribution in [2.75, 3.05) is 0 Å². The van der Waals surface area contributed by atoms with Crippen LogP contribution < -0.4 is 5.69 Å². The van der Waals surface area contributed by atoms with Crippen molar-refractivity contribution in [1.82, 2.24) is 19.3 Å². The van der Waals surface area contributed by atoms with Gasteiger partial charge in [-0.2, -0.15) is 5.10 Å². The molecule has 2 aromatic rings. The summed E-state index contributed by atoms with van der Waals surface area (Å²) in [7, 11) is 0. The van der Waals surface area contributed by atoms with Crippen molar-refractivity contribution in [1.29, 1.82) is 0 Å². The van der Waals surface area contributed by atoms with Crippen LogP contribution in [0.2, 0.25) is 5.02 Å². The minimum absolute atomic E-state index is 0.282. The summed E-state index contributed by atoms with van der Waals surface area (Å²) in [6.07, 6.45) is 3.96. The molecule has 2 rings (SSSR count). The van der Waals surface area contributed by atoms with Crippen LogP contribution in [0.25, 0.3) is 0 Å². The molecule has 2 heterocycles. The lowest BCUT2D eigenvalue weighted by molar-refractivity contribution is 0.585. The number of nitrogens with zero attached hydrogens (tertiary/aromatic N) is 4. The second-order valence-electron chi connectivity index (χ2n) is 3.91. The summed E-state index contributed by atoms with van der Waals surface area (Å²) in [6, 6.07) is 1.72. The Bertz CT molecular complexity index is 602. The molecule has 0 atom stereocenters. The highest BCUT2D eigenvalue weighted by molar-refractivity contribution is 6.31. The average Bonchev–Trinajstić information content (AvgIpc) is 2.69. The standard InChI is InChI=1S/C12H15ClN4O/c1-3-9-11(13)10(17(4-2)15-9)8-16-7-5-6-14-12(16)18/h5-7H,3-4,8H2,1-2H3. The van der Waals surface area contributed by atoms with Crippen LogP contribution in [0.4, 0.5) is 0 Å². The summed E-state index contributed by atoms with van der Waals surface area (Å²) >= 11 is 6.29. The summed E-state index contributed by atoms with van der Waals surface area (Å²) in [4.78, 5) is 15.3. The van der Waals surface area contributed by atoms with Gasteiger partial charge in [0.05, 0.1) is 23.0 Å². The smallest absolute Gasteiger partial charge is 0.293 e. The fourth-order valence-electron chi connectivity index (χ4n) is 1.84. The van der Waals surface area contributed by atoms with Gasteiger partial charge in [-0.3, -0.25) is 9.25 Å². The maximum Gasteiger partial charge on any atom is 0.347 e. The van der Waals surface area contributed by atoms with Crippen molar-refractivity contribution < 1.29 is 0 Å². The molecule has 0 amide bonds. The van der Waals surface area contributed by atoms with Gasteiger partial charge in [0, 0.05) is 18.9 Å². The lowest BCUT2D eigenvalue weighted by Crippen LogP contribution is -2.23. The summed E-state index contributed by atoms with van der Waals surface area (Å²) in [5.41, 5.74) is 1.44. The summed E-state index contributed by atoms with van der Waals surface area (Å²) in [6.45, 7) is 5.13. The van der Waals surface area contributed by atoms with E-state index in [9.17, 15) is 4.79 Å². The van der Waals surface area contributed by atoms with Crippen molar-refractivity contribution in [3.63, 3.8) is 0 Å². The van der Waals surface area contributed by atoms with Crippen molar-refractivity contribution in [2.24, 2.45) is 0 Å². The topological polar surface area (TPSA) is 52.7 Å². The Kier molecular flexibility index (Phi) is 3.81. The van der Waals surface area contributed by atoms with Crippen LogP contribution in [-0.2, 0) is 19.5 Å². The Hall–Kier alpha value is -1.62. The molecule has 0 aliphatic heterocycles. The lowest BCUT2D eigenvalue weighted by Gasteiger charge is -2.07. The zero-order chi connectivity index (χ0) is 13.1. The molecule has 2 aromatic heterocycles. The Labute approximate surface area is 110 Å². The highest BCUT2D eigenvalue weighted by atomic mass is 35.5. The molecule has 0 radical (unpaired) electrons. The zero-order valence-electron chi connectivity index (χ0n) is 10.4. The van der Waals surface area contributed by atoms with Gasteiger partial charge in [0.15, 0.2) is 0 Å². The van der Waals surface area contributed by atoms with Gasteiger partial charge >= 0.3 is 5.69 Å². The first-order valence-electron chi connectivity index (χ1n) is 5.92. The Morgan fingerprint density at radius 1 is 1.39 bits per heavy atom. The summed E-state index contributed by atoms with van der Waals surface area (Å²) < 4.78 is 3.36. The van der Waals surface area contributed by atoms with Gasteiger partial charge in [-0.05, 0) is 19.4 Å². The molecule has 0 aromatic carbocycles. The molecule has 0 N–H and O–H groups in total. The van der Waals surface area contributed by atoms with Crippen molar-refractivity contribution in [2.45, 2.75) is 33.4 Å². The molecule has 0 aliphatic carbocycles. The van der Waals surface area contributed by atoms with Crippen LogP contribution in [0, 0.1) is 0 Å². The van der Waals surface area contributed by atoms with Gasteiger partial charge < -0.3 is 0 Å². The number of hydrogen-bond donors (Lipinski definition) is 0. The highest BCUT2D eigenvalue weighted by Crippen LogP contribution is 2.22. The second-order valence-corrected chi connectivity index (χ2v) is 4.28. The molecule has 0 aliphatic rings. The average molecular weight is 267 g/mol.